The highest BCUT2D eigenvalue weighted by Gasteiger charge is 2.31. The molecular formula is C49H84NO7+. The van der Waals surface area contributed by atoms with E-state index in [4.69, 9.17) is 14.2 Å². The molecule has 0 fully saturated rings. The van der Waals surface area contributed by atoms with Gasteiger partial charge >= 0.3 is 17.9 Å². The topological polar surface area (TPSA) is 99.1 Å². The van der Waals surface area contributed by atoms with Gasteiger partial charge in [-0.1, -0.05) is 157 Å². The lowest BCUT2D eigenvalue weighted by Gasteiger charge is -2.31. The highest BCUT2D eigenvalue weighted by molar-refractivity contribution is 5.72. The summed E-state index contributed by atoms with van der Waals surface area (Å²) in [5.74, 6) is -1.52. The molecule has 2 atom stereocenters. The van der Waals surface area contributed by atoms with E-state index in [0.717, 1.165) is 83.5 Å². The molecular weight excluding hydrogens is 715 g/mol. The monoisotopic (exact) mass is 799 g/mol. The van der Waals surface area contributed by atoms with Gasteiger partial charge in [-0.3, -0.25) is 9.59 Å². The van der Waals surface area contributed by atoms with E-state index in [-0.39, 0.29) is 36.2 Å². The maximum absolute atomic E-state index is 12.7. The number of allylic oxidation sites excluding steroid dienone is 12. The molecule has 0 bridgehead atoms. The number of carboxylic acids is 1. The molecule has 0 heterocycles. The second-order valence-electron chi connectivity index (χ2n) is 16.1. The second kappa shape index (κ2) is 39.6. The molecule has 0 aliphatic rings. The molecule has 8 heteroatoms. The fourth-order valence-electron chi connectivity index (χ4n) is 6.15. The summed E-state index contributed by atoms with van der Waals surface area (Å²) in [6.07, 6.45) is 49.3. The number of likely N-dealkylation sites (N-methyl/N-ethyl adjacent to an activating group) is 1. The molecule has 0 aromatic rings. The summed E-state index contributed by atoms with van der Waals surface area (Å²) >= 11 is 0. The molecule has 0 saturated carbocycles. The van der Waals surface area contributed by atoms with Crippen LogP contribution in [0.1, 0.15) is 168 Å². The Labute approximate surface area is 349 Å². The van der Waals surface area contributed by atoms with Gasteiger partial charge in [-0.25, -0.2) is 4.79 Å². The molecule has 0 aliphatic heterocycles. The van der Waals surface area contributed by atoms with Gasteiger partial charge in [0.25, 0.3) is 0 Å². The highest BCUT2D eigenvalue weighted by Crippen LogP contribution is 2.13. The summed E-state index contributed by atoms with van der Waals surface area (Å²) in [5.41, 5.74) is 0. The molecule has 0 saturated heterocycles. The van der Waals surface area contributed by atoms with E-state index < -0.39 is 18.1 Å². The van der Waals surface area contributed by atoms with Crippen molar-refractivity contribution in [2.24, 2.45) is 0 Å². The van der Waals surface area contributed by atoms with Gasteiger partial charge in [0.15, 0.2) is 12.1 Å². The van der Waals surface area contributed by atoms with Crippen molar-refractivity contribution < 1.29 is 38.2 Å². The van der Waals surface area contributed by atoms with Crippen molar-refractivity contribution in [1.29, 1.82) is 0 Å². The number of rotatable bonds is 39. The molecule has 0 aliphatic carbocycles. The summed E-state index contributed by atoms with van der Waals surface area (Å²) in [4.78, 5) is 37.0. The number of hydrogen-bond acceptors (Lipinski definition) is 6. The van der Waals surface area contributed by atoms with E-state index in [9.17, 15) is 19.5 Å². The summed E-state index contributed by atoms with van der Waals surface area (Å²) < 4.78 is 17.3. The minimum absolute atomic E-state index is 0.0447. The Morgan fingerprint density at radius 2 is 0.930 bits per heavy atom. The fraction of sp³-hybridized carbons (Fsp3) is 0.694. The van der Waals surface area contributed by atoms with E-state index in [1.807, 2.05) is 21.1 Å². The quantitative estimate of drug-likeness (QED) is 0.0286. The van der Waals surface area contributed by atoms with Crippen LogP contribution in [0, 0.1) is 0 Å². The molecule has 1 N–H and O–H groups in total. The van der Waals surface area contributed by atoms with Gasteiger partial charge in [-0.15, -0.1) is 0 Å². The first-order valence-electron chi connectivity index (χ1n) is 22.5. The van der Waals surface area contributed by atoms with Crippen molar-refractivity contribution >= 4 is 17.9 Å². The molecule has 2 unspecified atom stereocenters. The summed E-state index contributed by atoms with van der Waals surface area (Å²) in [7, 11) is 5.51. The molecule has 0 aromatic heterocycles. The zero-order valence-corrected chi connectivity index (χ0v) is 37.0. The van der Waals surface area contributed by atoms with Gasteiger partial charge in [-0.2, -0.15) is 0 Å². The van der Waals surface area contributed by atoms with Crippen molar-refractivity contribution in [2.45, 2.75) is 180 Å². The number of carbonyl (C=O) groups is 3. The zero-order chi connectivity index (χ0) is 42.1. The second-order valence-corrected chi connectivity index (χ2v) is 16.1. The summed E-state index contributed by atoms with van der Waals surface area (Å²) in [6, 6.07) is -0.624. The lowest BCUT2D eigenvalue weighted by molar-refractivity contribution is -0.887. The SMILES string of the molecule is CCCCC/C=C/C=C/C=C/C=C/CCCCCCCC(=O)OCC(COCCC(C(=O)O)[N+](C)(C)C)OC(=O)CCCCCCCC/C=C/C=C/CCCCC. The predicted molar refractivity (Wildman–Crippen MR) is 238 cm³/mol. The van der Waals surface area contributed by atoms with Gasteiger partial charge in [-0.05, 0) is 64.2 Å². The molecule has 0 aromatic carbocycles. The number of unbranched alkanes of at least 4 members (excludes halogenated alkanes) is 17. The van der Waals surface area contributed by atoms with Crippen LogP contribution in [0.2, 0.25) is 0 Å². The van der Waals surface area contributed by atoms with Crippen molar-refractivity contribution in [1.82, 2.24) is 0 Å². The standard InChI is InChI=1S/C49H83NO7/c1-6-8-10-12-14-16-18-20-22-23-24-26-27-29-31-33-35-37-39-47(51)56-44-45(43-55-42-41-46(49(53)54)50(3,4)5)57-48(52)40-38-36-34-32-30-28-25-21-19-17-15-13-11-9-7-2/h14-24,26,45-46H,6-13,25,27-44H2,1-5H3/p+1/b16-14+,17-15+,20-18+,21-19+,23-22+,26-24+. The lowest BCUT2D eigenvalue weighted by Crippen LogP contribution is -2.50. The van der Waals surface area contributed by atoms with Gasteiger partial charge in [0.2, 0.25) is 0 Å². The molecule has 0 amide bonds. The van der Waals surface area contributed by atoms with Gasteiger partial charge in [0.1, 0.15) is 6.61 Å². The first-order valence-corrected chi connectivity index (χ1v) is 22.5. The lowest BCUT2D eigenvalue weighted by atomic mass is 10.1. The Kier molecular flexibility index (Phi) is 37.3. The van der Waals surface area contributed by atoms with Crippen LogP contribution in [0.5, 0.6) is 0 Å². The molecule has 326 valence electrons. The number of nitrogens with zero attached hydrogens (tertiary/aromatic N) is 1. The number of aliphatic carboxylic acids is 1. The molecule has 0 radical (unpaired) electrons. The third-order valence-electron chi connectivity index (χ3n) is 9.70. The van der Waals surface area contributed by atoms with E-state index in [0.29, 0.717) is 19.3 Å². The maximum atomic E-state index is 12.7. The number of carbonyl (C=O) groups excluding carboxylic acids is 2. The number of quaternary nitrogens is 1. The van der Waals surface area contributed by atoms with Crippen LogP contribution in [-0.4, -0.2) is 80.6 Å². The average molecular weight is 799 g/mol. The van der Waals surface area contributed by atoms with Gasteiger partial charge in [0.05, 0.1) is 34.4 Å². The normalized spacial score (nSPS) is 13.6. The first kappa shape index (κ1) is 53.8. The van der Waals surface area contributed by atoms with Crippen molar-refractivity contribution in [3.8, 4) is 0 Å². The Morgan fingerprint density at radius 3 is 1.39 bits per heavy atom. The van der Waals surface area contributed by atoms with E-state index >= 15 is 0 Å². The fourth-order valence-corrected chi connectivity index (χ4v) is 6.15. The van der Waals surface area contributed by atoms with Crippen molar-refractivity contribution in [3.63, 3.8) is 0 Å². The Balaban J connectivity index is 4.42. The Morgan fingerprint density at radius 1 is 0.526 bits per heavy atom. The van der Waals surface area contributed by atoms with Crippen LogP contribution < -0.4 is 0 Å². The first-order chi connectivity index (χ1) is 27.6. The van der Waals surface area contributed by atoms with Crippen molar-refractivity contribution in [2.75, 3.05) is 41.0 Å². The zero-order valence-electron chi connectivity index (χ0n) is 37.0. The minimum atomic E-state index is -0.884. The number of carboxylic acid groups (broad SMARTS) is 1. The Hall–Kier alpha value is -3.23. The molecule has 8 nitrogen and oxygen atoms in total. The molecule has 0 spiro atoms. The molecule has 57 heavy (non-hydrogen) atoms. The number of hydrogen-bond donors (Lipinski definition) is 1. The largest absolute Gasteiger partial charge is 0.477 e. The predicted octanol–water partition coefficient (Wildman–Crippen LogP) is 12.4. The van der Waals surface area contributed by atoms with E-state index in [2.05, 4.69) is 86.8 Å². The van der Waals surface area contributed by atoms with Gasteiger partial charge in [0, 0.05) is 19.3 Å². The van der Waals surface area contributed by atoms with Crippen LogP contribution >= 0.6 is 0 Å². The number of ether oxygens (including phenoxy) is 3. The number of esters is 2. The summed E-state index contributed by atoms with van der Waals surface area (Å²) in [5, 5.41) is 9.62. The third kappa shape index (κ3) is 38.1. The summed E-state index contributed by atoms with van der Waals surface area (Å²) in [6.45, 7) is 4.62. The smallest absolute Gasteiger partial charge is 0.362 e. The van der Waals surface area contributed by atoms with Crippen LogP contribution in [0.4, 0.5) is 0 Å². The maximum Gasteiger partial charge on any atom is 0.362 e. The minimum Gasteiger partial charge on any atom is -0.477 e. The van der Waals surface area contributed by atoms with E-state index in [1.54, 1.807) is 0 Å². The highest BCUT2D eigenvalue weighted by atomic mass is 16.6. The third-order valence-corrected chi connectivity index (χ3v) is 9.70. The van der Waals surface area contributed by atoms with Crippen LogP contribution in [0.25, 0.3) is 0 Å². The van der Waals surface area contributed by atoms with Crippen LogP contribution in [0.15, 0.2) is 72.9 Å². The van der Waals surface area contributed by atoms with Gasteiger partial charge < -0.3 is 23.8 Å². The van der Waals surface area contributed by atoms with Crippen LogP contribution in [0.3, 0.4) is 0 Å². The van der Waals surface area contributed by atoms with Crippen LogP contribution in [-0.2, 0) is 28.6 Å². The van der Waals surface area contributed by atoms with Crippen molar-refractivity contribution in [3.05, 3.63) is 72.9 Å². The average Bonchev–Trinajstić information content (AvgIpc) is 3.17. The van der Waals surface area contributed by atoms with E-state index in [1.165, 1.54) is 51.4 Å². The molecule has 0 rings (SSSR count). The Bertz CT molecular complexity index is 1160.